The Balaban J connectivity index is 1.68. The number of nitrogens with zero attached hydrogens (tertiary/aromatic N) is 5. The van der Waals surface area contributed by atoms with E-state index in [1.807, 2.05) is 0 Å². The molecule has 0 unspecified atom stereocenters. The SMILES string of the molecule is COCCN(CCOC)C(=O)Cn1nc2c3c4c(sc3ncn2c1=O)C[C@H](C)CC4. The van der Waals surface area contributed by atoms with Gasteiger partial charge < -0.3 is 14.4 Å². The molecule has 1 aliphatic rings. The highest BCUT2D eigenvalue weighted by Crippen LogP contribution is 2.38. The summed E-state index contributed by atoms with van der Waals surface area (Å²) in [6, 6.07) is 0. The summed E-state index contributed by atoms with van der Waals surface area (Å²) in [6.45, 7) is 3.84. The van der Waals surface area contributed by atoms with E-state index in [4.69, 9.17) is 9.47 Å². The van der Waals surface area contributed by atoms with Crippen molar-refractivity contribution in [1.29, 1.82) is 0 Å². The monoisotopic (exact) mass is 433 g/mol. The first-order valence-corrected chi connectivity index (χ1v) is 11.0. The number of carbonyl (C=O) groups is 1. The molecule has 30 heavy (non-hydrogen) atoms. The van der Waals surface area contributed by atoms with Crippen LogP contribution in [-0.4, -0.2) is 70.5 Å². The Hall–Kier alpha value is -2.30. The molecular weight excluding hydrogens is 406 g/mol. The van der Waals surface area contributed by atoms with Crippen LogP contribution in [0.4, 0.5) is 0 Å². The third-order valence-electron chi connectivity index (χ3n) is 5.65. The molecule has 0 aromatic carbocycles. The number of amides is 1. The van der Waals surface area contributed by atoms with Gasteiger partial charge in [0, 0.05) is 32.2 Å². The maximum atomic E-state index is 12.9. The Bertz CT molecular complexity index is 1110. The quantitative estimate of drug-likeness (QED) is 0.533. The zero-order chi connectivity index (χ0) is 21.3. The molecular formula is C20H27N5O4S. The Kier molecular flexibility index (Phi) is 6.16. The van der Waals surface area contributed by atoms with Gasteiger partial charge in [-0.25, -0.2) is 18.9 Å². The van der Waals surface area contributed by atoms with Gasteiger partial charge in [-0.3, -0.25) is 4.79 Å². The fourth-order valence-electron chi connectivity index (χ4n) is 3.96. The highest BCUT2D eigenvalue weighted by Gasteiger charge is 2.25. The molecule has 0 saturated heterocycles. The van der Waals surface area contributed by atoms with Gasteiger partial charge in [-0.1, -0.05) is 6.92 Å². The highest BCUT2D eigenvalue weighted by atomic mass is 32.1. The van der Waals surface area contributed by atoms with Gasteiger partial charge in [0.05, 0.1) is 18.6 Å². The van der Waals surface area contributed by atoms with E-state index in [9.17, 15) is 9.59 Å². The van der Waals surface area contributed by atoms with Gasteiger partial charge >= 0.3 is 5.69 Å². The second kappa shape index (κ2) is 8.83. The fourth-order valence-corrected chi connectivity index (χ4v) is 5.30. The zero-order valence-electron chi connectivity index (χ0n) is 17.6. The maximum Gasteiger partial charge on any atom is 0.352 e. The molecule has 1 aliphatic carbocycles. The van der Waals surface area contributed by atoms with E-state index < -0.39 is 0 Å². The van der Waals surface area contributed by atoms with Crippen molar-refractivity contribution in [2.45, 2.75) is 32.7 Å². The van der Waals surface area contributed by atoms with Crippen molar-refractivity contribution in [3.63, 3.8) is 0 Å². The molecule has 0 radical (unpaired) electrons. The molecule has 9 nitrogen and oxygen atoms in total. The van der Waals surface area contributed by atoms with Crippen molar-refractivity contribution in [2.24, 2.45) is 5.92 Å². The standard InChI is InChI=1S/C20H27N5O4S/c1-13-4-5-14-15(10-13)30-19-17(14)18-22-25(20(27)24(18)12-21-19)11-16(26)23(6-8-28-2)7-9-29-3/h12-13H,4-11H2,1-3H3/t13-/m1/s1. The summed E-state index contributed by atoms with van der Waals surface area (Å²) in [4.78, 5) is 34.1. The van der Waals surface area contributed by atoms with E-state index in [0.29, 0.717) is 37.9 Å². The molecule has 162 valence electrons. The summed E-state index contributed by atoms with van der Waals surface area (Å²) in [7, 11) is 3.18. The van der Waals surface area contributed by atoms with Crippen LogP contribution in [0, 0.1) is 5.92 Å². The van der Waals surface area contributed by atoms with Crippen molar-refractivity contribution in [2.75, 3.05) is 40.5 Å². The number of hydrogen-bond acceptors (Lipinski definition) is 7. The molecule has 0 bridgehead atoms. The third-order valence-corrected chi connectivity index (χ3v) is 6.81. The summed E-state index contributed by atoms with van der Waals surface area (Å²) in [6.07, 6.45) is 4.66. The van der Waals surface area contributed by atoms with Crippen LogP contribution in [0.1, 0.15) is 23.8 Å². The molecule has 4 rings (SSSR count). The molecule has 10 heteroatoms. The summed E-state index contributed by atoms with van der Waals surface area (Å²) < 4.78 is 12.9. The minimum absolute atomic E-state index is 0.126. The molecule has 1 atom stereocenters. The number of carbonyl (C=O) groups excluding carboxylic acids is 1. The Morgan fingerprint density at radius 2 is 2.03 bits per heavy atom. The number of hydrogen-bond donors (Lipinski definition) is 0. The first-order chi connectivity index (χ1) is 14.5. The lowest BCUT2D eigenvalue weighted by atomic mass is 9.89. The molecule has 0 saturated carbocycles. The molecule has 3 aromatic rings. The van der Waals surface area contributed by atoms with E-state index >= 15 is 0 Å². The lowest BCUT2D eigenvalue weighted by molar-refractivity contribution is -0.133. The highest BCUT2D eigenvalue weighted by molar-refractivity contribution is 7.19. The Morgan fingerprint density at radius 3 is 2.73 bits per heavy atom. The van der Waals surface area contributed by atoms with E-state index in [0.717, 1.165) is 29.5 Å². The average molecular weight is 434 g/mol. The van der Waals surface area contributed by atoms with Gasteiger partial charge in [-0.15, -0.1) is 16.4 Å². The first-order valence-electron chi connectivity index (χ1n) is 10.2. The second-order valence-corrected chi connectivity index (χ2v) is 8.86. The van der Waals surface area contributed by atoms with Gasteiger partial charge in [0.15, 0.2) is 5.65 Å². The summed E-state index contributed by atoms with van der Waals surface area (Å²) in [5, 5.41) is 5.51. The smallest absolute Gasteiger partial charge is 0.352 e. The lowest BCUT2D eigenvalue weighted by Crippen LogP contribution is -2.40. The van der Waals surface area contributed by atoms with Crippen molar-refractivity contribution in [3.8, 4) is 0 Å². The number of ether oxygens (including phenoxy) is 2. The fraction of sp³-hybridized carbons (Fsp3) is 0.600. The van der Waals surface area contributed by atoms with Gasteiger partial charge in [-0.05, 0) is 30.7 Å². The van der Waals surface area contributed by atoms with Crippen LogP contribution in [0.15, 0.2) is 11.1 Å². The molecule has 0 fully saturated rings. The molecule has 0 spiro atoms. The van der Waals surface area contributed by atoms with Gasteiger partial charge in [-0.2, -0.15) is 0 Å². The van der Waals surface area contributed by atoms with Crippen LogP contribution in [0.3, 0.4) is 0 Å². The summed E-state index contributed by atoms with van der Waals surface area (Å²) in [5.41, 5.74) is 1.50. The van der Waals surface area contributed by atoms with E-state index in [1.165, 1.54) is 25.9 Å². The number of fused-ring (bicyclic) bond motifs is 5. The van der Waals surface area contributed by atoms with Crippen LogP contribution in [0.2, 0.25) is 0 Å². The second-order valence-electron chi connectivity index (χ2n) is 7.78. The number of rotatable bonds is 8. The predicted octanol–water partition coefficient (Wildman–Crippen LogP) is 1.35. The number of thiophene rings is 1. The van der Waals surface area contributed by atoms with Gasteiger partial charge in [0.25, 0.3) is 0 Å². The molecule has 0 aliphatic heterocycles. The van der Waals surface area contributed by atoms with E-state index in [1.54, 1.807) is 30.5 Å². The Morgan fingerprint density at radius 1 is 1.30 bits per heavy atom. The minimum Gasteiger partial charge on any atom is -0.383 e. The normalized spacial score (nSPS) is 16.3. The van der Waals surface area contributed by atoms with Crippen molar-refractivity contribution in [1.82, 2.24) is 24.1 Å². The van der Waals surface area contributed by atoms with Crippen LogP contribution >= 0.6 is 11.3 Å². The summed E-state index contributed by atoms with van der Waals surface area (Å²) >= 11 is 1.69. The molecule has 1 amide bonds. The number of aryl methyl sites for hydroxylation is 1. The maximum absolute atomic E-state index is 12.9. The molecule has 3 aromatic heterocycles. The van der Waals surface area contributed by atoms with Crippen molar-refractivity contribution in [3.05, 3.63) is 27.3 Å². The van der Waals surface area contributed by atoms with E-state index in [2.05, 4.69) is 17.0 Å². The van der Waals surface area contributed by atoms with Crippen LogP contribution in [-0.2, 0) is 33.7 Å². The van der Waals surface area contributed by atoms with Crippen LogP contribution in [0.25, 0.3) is 15.9 Å². The van der Waals surface area contributed by atoms with Crippen LogP contribution in [0.5, 0.6) is 0 Å². The minimum atomic E-state index is -0.352. The van der Waals surface area contributed by atoms with E-state index in [-0.39, 0.29) is 18.1 Å². The van der Waals surface area contributed by atoms with Crippen molar-refractivity contribution >= 4 is 33.1 Å². The van der Waals surface area contributed by atoms with Crippen LogP contribution < -0.4 is 5.69 Å². The van der Waals surface area contributed by atoms with Crippen molar-refractivity contribution < 1.29 is 14.3 Å². The number of methoxy groups -OCH3 is 2. The largest absolute Gasteiger partial charge is 0.383 e. The van der Waals surface area contributed by atoms with Gasteiger partial charge in [0.2, 0.25) is 5.91 Å². The molecule has 0 N–H and O–H groups in total. The average Bonchev–Trinajstić information content (AvgIpc) is 3.25. The van der Waals surface area contributed by atoms with Gasteiger partial charge in [0.1, 0.15) is 17.7 Å². The Labute approximate surface area is 178 Å². The third kappa shape index (κ3) is 3.86. The topological polar surface area (TPSA) is 91.0 Å². The zero-order valence-corrected chi connectivity index (χ0v) is 18.4. The summed E-state index contributed by atoms with van der Waals surface area (Å²) in [5.74, 6) is 0.462. The predicted molar refractivity (Wildman–Crippen MR) is 114 cm³/mol. The molecule has 3 heterocycles. The lowest BCUT2D eigenvalue weighted by Gasteiger charge is -2.21. The number of aromatic nitrogens is 4. The first kappa shape index (κ1) is 21.0.